The summed E-state index contributed by atoms with van der Waals surface area (Å²) in [5.74, 6) is -0.774. The summed E-state index contributed by atoms with van der Waals surface area (Å²) in [7, 11) is 0. The maximum atomic E-state index is 12.6. The Balaban J connectivity index is 1.73. The number of nitrogens with one attached hydrogen (secondary N) is 1. The number of rotatable bonds is 4. The van der Waals surface area contributed by atoms with Gasteiger partial charge in [0.2, 0.25) is 0 Å². The van der Waals surface area contributed by atoms with E-state index in [1.165, 1.54) is 0 Å². The fourth-order valence-corrected chi connectivity index (χ4v) is 2.78. The summed E-state index contributed by atoms with van der Waals surface area (Å²) in [5, 5.41) is 6.19. The second-order valence-electron chi connectivity index (χ2n) is 6.43. The molecule has 28 heavy (non-hydrogen) atoms. The summed E-state index contributed by atoms with van der Waals surface area (Å²) < 4.78 is 43.1. The van der Waals surface area contributed by atoms with Crippen LogP contribution in [0.15, 0.2) is 30.6 Å². The lowest BCUT2D eigenvalue weighted by Crippen LogP contribution is -2.40. The third-order valence-electron chi connectivity index (χ3n) is 4.27. The summed E-state index contributed by atoms with van der Waals surface area (Å²) in [6.45, 7) is 2.42. The van der Waals surface area contributed by atoms with Crippen LogP contribution in [0.1, 0.15) is 26.3 Å². The molecule has 1 N–H and O–H groups in total. The predicted octanol–water partition coefficient (Wildman–Crippen LogP) is 2.48. The van der Waals surface area contributed by atoms with E-state index in [4.69, 9.17) is 4.74 Å². The first-order valence-electron chi connectivity index (χ1n) is 8.61. The molecule has 2 amide bonds. The molecule has 0 atom stereocenters. The number of ether oxygens (including phenoxy) is 1. The Morgan fingerprint density at radius 3 is 2.61 bits per heavy atom. The van der Waals surface area contributed by atoms with E-state index in [-0.39, 0.29) is 11.5 Å². The summed E-state index contributed by atoms with van der Waals surface area (Å²) in [6, 6.07) is 4.94. The van der Waals surface area contributed by atoms with E-state index in [1.54, 1.807) is 30.0 Å². The van der Waals surface area contributed by atoms with Crippen molar-refractivity contribution in [2.24, 2.45) is 0 Å². The van der Waals surface area contributed by atoms with Crippen molar-refractivity contribution in [3.63, 3.8) is 0 Å². The van der Waals surface area contributed by atoms with Crippen LogP contribution in [-0.2, 0) is 11.3 Å². The monoisotopic (exact) mass is 396 g/mol. The van der Waals surface area contributed by atoms with Crippen LogP contribution in [0.4, 0.5) is 18.9 Å². The molecule has 1 aliphatic heterocycles. The molecule has 1 aliphatic rings. The average Bonchev–Trinajstić information content (AvgIpc) is 3.10. The second kappa shape index (κ2) is 8.01. The molecule has 2 heterocycles. The molecule has 0 spiro atoms. The number of amides is 2. The van der Waals surface area contributed by atoms with Gasteiger partial charge in [-0.2, -0.15) is 18.3 Å². The van der Waals surface area contributed by atoms with Gasteiger partial charge < -0.3 is 15.0 Å². The van der Waals surface area contributed by atoms with E-state index >= 15 is 0 Å². The molecule has 3 rings (SSSR count). The number of aromatic nitrogens is 2. The summed E-state index contributed by atoms with van der Waals surface area (Å²) in [4.78, 5) is 26.6. The number of carbonyl (C=O) groups is 2. The quantitative estimate of drug-likeness (QED) is 0.862. The molecular weight excluding hydrogens is 377 g/mol. The zero-order valence-electron chi connectivity index (χ0n) is 15.1. The lowest BCUT2D eigenvalue weighted by Gasteiger charge is -2.27. The van der Waals surface area contributed by atoms with Crippen LogP contribution in [0.3, 0.4) is 0 Å². The van der Waals surface area contributed by atoms with Gasteiger partial charge in [-0.1, -0.05) is 6.07 Å². The third-order valence-corrected chi connectivity index (χ3v) is 4.27. The Hall–Kier alpha value is -2.88. The minimum Gasteiger partial charge on any atom is -0.378 e. The Kier molecular flexibility index (Phi) is 5.68. The lowest BCUT2D eigenvalue weighted by atomic mass is 10.1. The molecule has 1 aromatic heterocycles. The highest BCUT2D eigenvalue weighted by molar-refractivity contribution is 6.05. The number of morpholine rings is 1. The normalized spacial score (nSPS) is 14.8. The molecule has 7 nitrogen and oxygen atoms in total. The summed E-state index contributed by atoms with van der Waals surface area (Å²) in [5.41, 5.74) is 1.53. The van der Waals surface area contributed by atoms with Crippen molar-refractivity contribution < 1.29 is 27.5 Å². The highest BCUT2D eigenvalue weighted by Crippen LogP contribution is 2.20. The van der Waals surface area contributed by atoms with Gasteiger partial charge in [0.25, 0.3) is 11.8 Å². The highest BCUT2D eigenvalue weighted by Gasteiger charge is 2.28. The van der Waals surface area contributed by atoms with E-state index in [2.05, 4.69) is 10.4 Å². The highest BCUT2D eigenvalue weighted by atomic mass is 19.4. The van der Waals surface area contributed by atoms with Gasteiger partial charge in [-0.25, -0.2) is 0 Å². The molecule has 1 saturated heterocycles. The maximum Gasteiger partial charge on any atom is 0.408 e. The molecule has 10 heteroatoms. The minimum absolute atomic E-state index is 0.00596. The Morgan fingerprint density at radius 1 is 1.21 bits per heavy atom. The van der Waals surface area contributed by atoms with E-state index in [9.17, 15) is 22.8 Å². The largest absolute Gasteiger partial charge is 0.408 e. The van der Waals surface area contributed by atoms with Gasteiger partial charge in [0.15, 0.2) is 0 Å². The number of aryl methyl sites for hydroxylation is 1. The first-order valence-corrected chi connectivity index (χ1v) is 8.61. The predicted molar refractivity (Wildman–Crippen MR) is 94.1 cm³/mol. The fraction of sp³-hybridized carbons (Fsp3) is 0.389. The van der Waals surface area contributed by atoms with E-state index < -0.39 is 18.6 Å². The lowest BCUT2D eigenvalue weighted by molar-refractivity contribution is -0.142. The van der Waals surface area contributed by atoms with Gasteiger partial charge in [0, 0.05) is 30.5 Å². The number of benzene rings is 1. The first-order chi connectivity index (χ1) is 13.2. The second-order valence-corrected chi connectivity index (χ2v) is 6.43. The Bertz CT molecular complexity index is 873. The van der Waals surface area contributed by atoms with Gasteiger partial charge in [0.1, 0.15) is 6.54 Å². The number of anilines is 1. The van der Waals surface area contributed by atoms with Crippen molar-refractivity contribution in [3.05, 3.63) is 47.3 Å². The molecule has 0 unspecified atom stereocenters. The van der Waals surface area contributed by atoms with Gasteiger partial charge in [0.05, 0.1) is 25.0 Å². The summed E-state index contributed by atoms with van der Waals surface area (Å²) >= 11 is 0. The smallest absolute Gasteiger partial charge is 0.378 e. The van der Waals surface area contributed by atoms with Gasteiger partial charge in [-0.05, 0) is 24.6 Å². The number of nitrogens with zero attached hydrogens (tertiary/aromatic N) is 3. The van der Waals surface area contributed by atoms with E-state index in [1.807, 2.05) is 0 Å². The molecule has 150 valence electrons. The SMILES string of the molecule is Cc1ccc(C(=O)N2CCOCC2)cc1NC(=O)c1cnn(CC(F)(F)F)c1. The van der Waals surface area contributed by atoms with Crippen LogP contribution >= 0.6 is 0 Å². The van der Waals surface area contributed by atoms with Gasteiger partial charge >= 0.3 is 6.18 Å². The number of alkyl halides is 3. The molecule has 0 bridgehead atoms. The van der Waals surface area contributed by atoms with Gasteiger partial charge in [-0.3, -0.25) is 14.3 Å². The Labute approximate surface area is 159 Å². The van der Waals surface area contributed by atoms with Crippen molar-refractivity contribution >= 4 is 17.5 Å². The zero-order chi connectivity index (χ0) is 20.3. The molecule has 0 aliphatic carbocycles. The molecule has 0 radical (unpaired) electrons. The van der Waals surface area contributed by atoms with Crippen molar-refractivity contribution in [1.29, 1.82) is 0 Å². The molecular formula is C18H19F3N4O3. The number of hydrogen-bond donors (Lipinski definition) is 1. The van der Waals surface area contributed by atoms with Gasteiger partial charge in [-0.15, -0.1) is 0 Å². The Morgan fingerprint density at radius 2 is 1.93 bits per heavy atom. The standard InChI is InChI=1S/C18H19F3N4O3/c1-12-2-3-13(17(27)24-4-6-28-7-5-24)8-15(12)23-16(26)14-9-22-25(10-14)11-18(19,20)21/h2-3,8-10H,4-7,11H2,1H3,(H,23,26). The average molecular weight is 396 g/mol. The maximum absolute atomic E-state index is 12.6. The first kappa shape index (κ1) is 19.9. The minimum atomic E-state index is -4.43. The molecule has 1 fully saturated rings. The van der Waals surface area contributed by atoms with Crippen LogP contribution in [-0.4, -0.2) is 59.0 Å². The van der Waals surface area contributed by atoms with Crippen LogP contribution in [0.25, 0.3) is 0 Å². The topological polar surface area (TPSA) is 76.5 Å². The van der Waals surface area contributed by atoms with E-state index in [0.29, 0.717) is 42.2 Å². The number of hydrogen-bond acceptors (Lipinski definition) is 4. The van der Waals surface area contributed by atoms with Crippen molar-refractivity contribution in [1.82, 2.24) is 14.7 Å². The van der Waals surface area contributed by atoms with Crippen LogP contribution < -0.4 is 5.32 Å². The van der Waals surface area contributed by atoms with Crippen molar-refractivity contribution in [2.75, 3.05) is 31.6 Å². The van der Waals surface area contributed by atoms with Crippen molar-refractivity contribution in [2.45, 2.75) is 19.6 Å². The van der Waals surface area contributed by atoms with E-state index in [0.717, 1.165) is 18.0 Å². The fourth-order valence-electron chi connectivity index (χ4n) is 2.78. The van der Waals surface area contributed by atoms with Crippen LogP contribution in [0, 0.1) is 6.92 Å². The van der Waals surface area contributed by atoms with Crippen LogP contribution in [0.5, 0.6) is 0 Å². The molecule has 1 aromatic carbocycles. The number of carbonyl (C=O) groups excluding carboxylic acids is 2. The molecule has 2 aromatic rings. The van der Waals surface area contributed by atoms with Crippen molar-refractivity contribution in [3.8, 4) is 0 Å². The zero-order valence-corrected chi connectivity index (χ0v) is 15.1. The summed E-state index contributed by atoms with van der Waals surface area (Å²) in [6.07, 6.45) is -2.33. The third kappa shape index (κ3) is 4.89. The molecule has 0 saturated carbocycles. The number of halogens is 3. The van der Waals surface area contributed by atoms with Crippen LogP contribution in [0.2, 0.25) is 0 Å².